The lowest BCUT2D eigenvalue weighted by Gasteiger charge is -2.10. The van der Waals surface area contributed by atoms with Crippen LogP contribution in [0.4, 0.5) is 0 Å². The van der Waals surface area contributed by atoms with E-state index in [9.17, 15) is 0 Å². The van der Waals surface area contributed by atoms with Crippen LogP contribution in [0.15, 0.2) is 18.3 Å². The fourth-order valence-electron chi connectivity index (χ4n) is 1.27. The van der Waals surface area contributed by atoms with Crippen LogP contribution in [0, 0.1) is 0 Å². The van der Waals surface area contributed by atoms with Crippen LogP contribution in [-0.4, -0.2) is 4.98 Å². The third kappa shape index (κ3) is 3.18. The van der Waals surface area contributed by atoms with Gasteiger partial charge in [-0.25, -0.2) is 4.98 Å². The molecule has 0 aromatic carbocycles. The molecule has 1 unspecified atom stereocenters. The molecule has 0 amide bonds. The van der Waals surface area contributed by atoms with Crippen molar-refractivity contribution in [2.24, 2.45) is 0 Å². The highest BCUT2D eigenvalue weighted by Gasteiger charge is 2.08. The summed E-state index contributed by atoms with van der Waals surface area (Å²) in [6.07, 6.45) is 1.68. The first-order valence-electron chi connectivity index (χ1n) is 4.74. The number of aromatic nitrogens is 1. The number of thiophene rings is 1. The second-order valence-electron chi connectivity index (χ2n) is 3.30. The molecule has 0 aliphatic rings. The van der Waals surface area contributed by atoms with E-state index in [-0.39, 0.29) is 6.04 Å². The summed E-state index contributed by atoms with van der Waals surface area (Å²) in [5.74, 6) is 0. The summed E-state index contributed by atoms with van der Waals surface area (Å²) in [4.78, 5) is 5.42. The van der Waals surface area contributed by atoms with Crippen LogP contribution in [0.5, 0.6) is 0 Å². The molecule has 6 heteroatoms. The van der Waals surface area contributed by atoms with E-state index < -0.39 is 0 Å². The molecule has 16 heavy (non-hydrogen) atoms. The van der Waals surface area contributed by atoms with Gasteiger partial charge in [-0.1, -0.05) is 23.2 Å². The fourth-order valence-corrected chi connectivity index (χ4v) is 3.27. The zero-order valence-electron chi connectivity index (χ0n) is 8.54. The maximum atomic E-state index is 5.89. The van der Waals surface area contributed by atoms with Crippen molar-refractivity contribution in [2.45, 2.75) is 19.5 Å². The first-order chi connectivity index (χ1) is 7.65. The Morgan fingerprint density at radius 1 is 1.31 bits per heavy atom. The molecule has 0 fully saturated rings. The Morgan fingerprint density at radius 3 is 2.69 bits per heavy atom. The SMILES string of the molecule is CC(NCc1ncc(Cl)s1)c1ccc(Cl)s1. The van der Waals surface area contributed by atoms with Gasteiger partial charge in [-0.3, -0.25) is 0 Å². The molecule has 1 N–H and O–H groups in total. The average Bonchev–Trinajstić information content (AvgIpc) is 2.84. The number of hydrogen-bond donors (Lipinski definition) is 1. The van der Waals surface area contributed by atoms with Crippen LogP contribution in [0.2, 0.25) is 8.67 Å². The normalized spacial score (nSPS) is 12.9. The molecule has 0 radical (unpaired) electrons. The highest BCUT2D eigenvalue weighted by atomic mass is 35.5. The van der Waals surface area contributed by atoms with E-state index in [2.05, 4.69) is 17.2 Å². The minimum absolute atomic E-state index is 0.278. The average molecular weight is 293 g/mol. The van der Waals surface area contributed by atoms with Crippen molar-refractivity contribution in [3.63, 3.8) is 0 Å². The van der Waals surface area contributed by atoms with Gasteiger partial charge in [0.2, 0.25) is 0 Å². The molecule has 0 spiro atoms. The quantitative estimate of drug-likeness (QED) is 0.905. The second kappa shape index (κ2) is 5.47. The van der Waals surface area contributed by atoms with Crippen LogP contribution in [0.25, 0.3) is 0 Å². The number of nitrogens with one attached hydrogen (secondary N) is 1. The Balaban J connectivity index is 1.91. The minimum Gasteiger partial charge on any atom is -0.303 e. The Morgan fingerprint density at radius 2 is 2.12 bits per heavy atom. The summed E-state index contributed by atoms with van der Waals surface area (Å²) < 4.78 is 1.55. The number of rotatable bonds is 4. The van der Waals surface area contributed by atoms with E-state index in [1.807, 2.05) is 12.1 Å². The molecule has 2 rings (SSSR count). The van der Waals surface area contributed by atoms with Crippen LogP contribution in [0.1, 0.15) is 22.9 Å². The van der Waals surface area contributed by atoms with Crippen molar-refractivity contribution in [2.75, 3.05) is 0 Å². The summed E-state index contributed by atoms with van der Waals surface area (Å²) >= 11 is 14.8. The van der Waals surface area contributed by atoms with Crippen molar-refractivity contribution >= 4 is 45.9 Å². The maximum absolute atomic E-state index is 5.89. The van der Waals surface area contributed by atoms with Gasteiger partial charge in [-0.15, -0.1) is 22.7 Å². The molecular weight excluding hydrogens is 283 g/mol. The van der Waals surface area contributed by atoms with Gasteiger partial charge in [-0.2, -0.15) is 0 Å². The maximum Gasteiger partial charge on any atom is 0.113 e. The summed E-state index contributed by atoms with van der Waals surface area (Å²) in [6, 6.07) is 4.24. The van der Waals surface area contributed by atoms with Gasteiger partial charge in [0.25, 0.3) is 0 Å². The van der Waals surface area contributed by atoms with Gasteiger partial charge in [0, 0.05) is 17.5 Å². The van der Waals surface area contributed by atoms with E-state index in [0.717, 1.165) is 20.2 Å². The third-order valence-corrected chi connectivity index (χ3v) is 4.63. The molecular formula is C10H10Cl2N2S2. The fraction of sp³-hybridized carbons (Fsp3) is 0.300. The Hall–Kier alpha value is -0.130. The zero-order valence-corrected chi connectivity index (χ0v) is 11.7. The first-order valence-corrected chi connectivity index (χ1v) is 7.13. The highest BCUT2D eigenvalue weighted by molar-refractivity contribution is 7.16. The zero-order chi connectivity index (χ0) is 11.5. The van der Waals surface area contributed by atoms with Crippen LogP contribution in [-0.2, 0) is 6.54 Å². The molecule has 86 valence electrons. The van der Waals surface area contributed by atoms with Gasteiger partial charge in [0.05, 0.1) is 10.5 Å². The summed E-state index contributed by atoms with van der Waals surface area (Å²) in [5.41, 5.74) is 0. The summed E-state index contributed by atoms with van der Waals surface area (Å²) in [6.45, 7) is 2.84. The molecule has 2 heterocycles. The van der Waals surface area contributed by atoms with E-state index >= 15 is 0 Å². The molecule has 0 saturated carbocycles. The van der Waals surface area contributed by atoms with Gasteiger partial charge >= 0.3 is 0 Å². The van der Waals surface area contributed by atoms with Gasteiger partial charge in [-0.05, 0) is 19.1 Å². The van der Waals surface area contributed by atoms with Crippen LogP contribution < -0.4 is 5.32 Å². The summed E-state index contributed by atoms with van der Waals surface area (Å²) in [7, 11) is 0. The number of thiazole rings is 1. The predicted molar refractivity (Wildman–Crippen MR) is 71.7 cm³/mol. The number of nitrogens with zero attached hydrogens (tertiary/aromatic N) is 1. The van der Waals surface area contributed by atoms with Crippen LogP contribution in [0.3, 0.4) is 0 Å². The van der Waals surface area contributed by atoms with E-state index in [1.165, 1.54) is 16.2 Å². The highest BCUT2D eigenvalue weighted by Crippen LogP contribution is 2.27. The van der Waals surface area contributed by atoms with Gasteiger partial charge in [0.1, 0.15) is 9.34 Å². The third-order valence-electron chi connectivity index (χ3n) is 2.11. The molecule has 0 aliphatic heterocycles. The monoisotopic (exact) mass is 292 g/mol. The van der Waals surface area contributed by atoms with Crippen molar-refractivity contribution < 1.29 is 0 Å². The van der Waals surface area contributed by atoms with Crippen molar-refractivity contribution in [3.8, 4) is 0 Å². The first kappa shape index (κ1) is 12.3. The molecule has 2 aromatic heterocycles. The van der Waals surface area contributed by atoms with Gasteiger partial charge < -0.3 is 5.32 Å². The van der Waals surface area contributed by atoms with E-state index in [0.29, 0.717) is 0 Å². The Labute approximate surface area is 112 Å². The molecule has 2 nitrogen and oxygen atoms in total. The molecule has 0 aliphatic carbocycles. The van der Waals surface area contributed by atoms with Crippen molar-refractivity contribution in [1.82, 2.24) is 10.3 Å². The second-order valence-corrected chi connectivity index (χ2v) is 6.80. The van der Waals surface area contributed by atoms with E-state index in [1.54, 1.807) is 17.5 Å². The number of hydrogen-bond acceptors (Lipinski definition) is 4. The Kier molecular flexibility index (Phi) is 4.21. The minimum atomic E-state index is 0.278. The van der Waals surface area contributed by atoms with E-state index in [4.69, 9.17) is 23.2 Å². The smallest absolute Gasteiger partial charge is 0.113 e. The molecule has 2 aromatic rings. The van der Waals surface area contributed by atoms with Crippen molar-refractivity contribution in [3.05, 3.63) is 36.9 Å². The van der Waals surface area contributed by atoms with Gasteiger partial charge in [0.15, 0.2) is 0 Å². The molecule has 0 bridgehead atoms. The lowest BCUT2D eigenvalue weighted by molar-refractivity contribution is 0.581. The largest absolute Gasteiger partial charge is 0.303 e. The lowest BCUT2D eigenvalue weighted by atomic mass is 10.3. The van der Waals surface area contributed by atoms with Crippen LogP contribution >= 0.6 is 45.9 Å². The van der Waals surface area contributed by atoms with Crippen molar-refractivity contribution in [1.29, 1.82) is 0 Å². The molecule has 1 atom stereocenters. The lowest BCUT2D eigenvalue weighted by Crippen LogP contribution is -2.16. The molecule has 0 saturated heterocycles. The predicted octanol–water partition coefficient (Wildman–Crippen LogP) is 4.36. The number of halogens is 2. The summed E-state index contributed by atoms with van der Waals surface area (Å²) in [5, 5.41) is 4.38. The Bertz CT molecular complexity index is 467. The topological polar surface area (TPSA) is 24.9 Å². The standard InChI is InChI=1S/C10H10Cl2N2S2/c1-6(7-2-3-8(11)15-7)13-5-10-14-4-9(12)16-10/h2-4,6,13H,5H2,1H3.